The van der Waals surface area contributed by atoms with Crippen LogP contribution in [0.25, 0.3) is 22.2 Å². The molecule has 1 N–H and O–H groups in total. The molecule has 0 radical (unpaired) electrons. The molecule has 0 saturated heterocycles. The number of fused-ring (bicyclic) bond motifs is 3. The molecule has 3 aromatic carbocycles. The number of benzene rings is 3. The van der Waals surface area contributed by atoms with Crippen LogP contribution in [0.5, 0.6) is 11.5 Å². The van der Waals surface area contributed by atoms with Crippen molar-refractivity contribution in [1.82, 2.24) is 19.7 Å². The summed E-state index contributed by atoms with van der Waals surface area (Å²) in [5.41, 5.74) is 6.61. The van der Waals surface area contributed by atoms with E-state index in [2.05, 4.69) is 20.8 Å². The molecule has 0 unspecified atom stereocenters. The van der Waals surface area contributed by atoms with Gasteiger partial charge in [0.25, 0.3) is 0 Å². The van der Waals surface area contributed by atoms with Gasteiger partial charge in [-0.25, -0.2) is 14.2 Å². The van der Waals surface area contributed by atoms with Gasteiger partial charge in [0, 0.05) is 30.9 Å². The third-order valence-corrected chi connectivity index (χ3v) is 6.85. The van der Waals surface area contributed by atoms with E-state index in [9.17, 15) is 9.18 Å². The van der Waals surface area contributed by atoms with Gasteiger partial charge in [-0.2, -0.15) is 0 Å². The SMILES string of the molecule is COCc1nc2cccc(OC)c2n1Cc1ccc2c(c1)COc1cc(F)ccc1/C2=C(/C)c1noc(=O)[nH]1. The molecule has 0 aliphatic carbocycles. The van der Waals surface area contributed by atoms with Crippen LogP contribution in [0.15, 0.2) is 63.9 Å². The summed E-state index contributed by atoms with van der Waals surface area (Å²) in [6.45, 7) is 2.92. The Morgan fingerprint density at radius 3 is 2.74 bits per heavy atom. The highest BCUT2D eigenvalue weighted by Crippen LogP contribution is 2.41. The number of nitrogens with one attached hydrogen (secondary N) is 1. The fourth-order valence-corrected chi connectivity index (χ4v) is 5.10. The number of hydrogen-bond acceptors (Lipinski definition) is 7. The van der Waals surface area contributed by atoms with Crippen LogP contribution in [-0.4, -0.2) is 33.9 Å². The fourth-order valence-electron chi connectivity index (χ4n) is 5.10. The Morgan fingerprint density at radius 1 is 1.13 bits per heavy atom. The summed E-state index contributed by atoms with van der Waals surface area (Å²) in [7, 11) is 3.28. The largest absolute Gasteiger partial charge is 0.494 e. The molecule has 0 spiro atoms. The summed E-state index contributed by atoms with van der Waals surface area (Å²) in [5, 5.41) is 3.88. The van der Waals surface area contributed by atoms with E-state index in [0.29, 0.717) is 35.9 Å². The van der Waals surface area contributed by atoms with Crippen LogP contribution in [0.2, 0.25) is 0 Å². The van der Waals surface area contributed by atoms with Crippen molar-refractivity contribution < 1.29 is 23.1 Å². The molecule has 9 nitrogen and oxygen atoms in total. The Morgan fingerprint density at radius 2 is 1.97 bits per heavy atom. The number of nitrogens with zero attached hydrogens (tertiary/aromatic N) is 3. The molecule has 5 aromatic rings. The van der Waals surface area contributed by atoms with Crippen LogP contribution in [-0.2, 0) is 24.5 Å². The van der Waals surface area contributed by atoms with Gasteiger partial charge in [0.15, 0.2) is 5.82 Å². The van der Waals surface area contributed by atoms with Crippen molar-refractivity contribution in [2.24, 2.45) is 0 Å². The maximum absolute atomic E-state index is 14.2. The lowest BCUT2D eigenvalue weighted by Gasteiger charge is -2.15. The molecular formula is C29H25FN4O5. The average Bonchev–Trinajstić information content (AvgIpc) is 3.48. The van der Waals surface area contributed by atoms with Gasteiger partial charge in [0.1, 0.15) is 41.9 Å². The summed E-state index contributed by atoms with van der Waals surface area (Å²) >= 11 is 0. The summed E-state index contributed by atoms with van der Waals surface area (Å²) in [4.78, 5) is 19.1. The lowest BCUT2D eigenvalue weighted by atomic mass is 9.89. The summed E-state index contributed by atoms with van der Waals surface area (Å²) in [6, 6.07) is 16.3. The molecule has 10 heteroatoms. The smallest absolute Gasteiger partial charge is 0.439 e. The van der Waals surface area contributed by atoms with Crippen molar-refractivity contribution >= 4 is 22.2 Å². The number of aromatic amines is 1. The minimum Gasteiger partial charge on any atom is -0.494 e. The minimum absolute atomic E-state index is 0.227. The molecule has 0 bridgehead atoms. The Hall–Kier alpha value is -4.70. The van der Waals surface area contributed by atoms with Crippen LogP contribution in [0.4, 0.5) is 4.39 Å². The highest BCUT2D eigenvalue weighted by molar-refractivity contribution is 5.99. The third-order valence-electron chi connectivity index (χ3n) is 6.85. The Balaban J connectivity index is 1.49. The van der Waals surface area contributed by atoms with E-state index in [1.807, 2.05) is 37.3 Å². The summed E-state index contributed by atoms with van der Waals surface area (Å²) in [5.74, 6) is 1.14. The quantitative estimate of drug-likeness (QED) is 0.333. The summed E-state index contributed by atoms with van der Waals surface area (Å²) < 4.78 is 38.2. The van der Waals surface area contributed by atoms with Gasteiger partial charge in [0.2, 0.25) is 0 Å². The summed E-state index contributed by atoms with van der Waals surface area (Å²) in [6.07, 6.45) is 0. The zero-order valence-corrected chi connectivity index (χ0v) is 21.6. The normalized spacial score (nSPS) is 13.9. The molecule has 198 valence electrons. The van der Waals surface area contributed by atoms with E-state index in [1.165, 1.54) is 12.1 Å². The lowest BCUT2D eigenvalue weighted by molar-refractivity contribution is 0.175. The fraction of sp³-hybridized carbons (Fsp3) is 0.207. The van der Waals surface area contributed by atoms with Crippen molar-refractivity contribution in [2.75, 3.05) is 14.2 Å². The molecular weight excluding hydrogens is 503 g/mol. The Kier molecular flexibility index (Phi) is 6.24. The standard InChI is InChI=1S/C29H25FN4O5/c1-16(28-32-29(35)39-33-28)26-20-9-7-17(11-18(20)14-38-24-12-19(30)8-10-21(24)26)13-34-25(15-36-2)31-22-5-4-6-23(37-3)27(22)34/h4-12H,13-15H2,1-3H3,(H,32,33,35)/b26-16-. The van der Waals surface area contributed by atoms with Crippen LogP contribution < -0.4 is 15.2 Å². The van der Waals surface area contributed by atoms with Crippen molar-refractivity contribution in [3.63, 3.8) is 0 Å². The van der Waals surface area contributed by atoms with E-state index in [4.69, 9.17) is 23.7 Å². The van der Waals surface area contributed by atoms with Crippen molar-refractivity contribution in [2.45, 2.75) is 26.7 Å². The molecule has 3 heterocycles. The first-order valence-electron chi connectivity index (χ1n) is 12.3. The van der Waals surface area contributed by atoms with Gasteiger partial charge < -0.3 is 18.8 Å². The number of allylic oxidation sites excluding steroid dienone is 1. The van der Waals surface area contributed by atoms with Crippen molar-refractivity contribution in [1.29, 1.82) is 0 Å². The second-order valence-corrected chi connectivity index (χ2v) is 9.24. The molecule has 1 aliphatic heterocycles. The first-order chi connectivity index (χ1) is 19.0. The number of hydrogen-bond donors (Lipinski definition) is 1. The van der Waals surface area contributed by atoms with Crippen LogP contribution in [0.3, 0.4) is 0 Å². The van der Waals surface area contributed by atoms with Crippen molar-refractivity contribution in [3.8, 4) is 11.5 Å². The Bertz CT molecular complexity index is 1800. The van der Waals surface area contributed by atoms with Gasteiger partial charge in [-0.05, 0) is 59.5 Å². The predicted molar refractivity (Wildman–Crippen MR) is 142 cm³/mol. The predicted octanol–water partition coefficient (Wildman–Crippen LogP) is 4.93. The van der Waals surface area contributed by atoms with Crippen LogP contribution in [0, 0.1) is 5.82 Å². The number of imidazole rings is 1. The molecule has 2 aromatic heterocycles. The highest BCUT2D eigenvalue weighted by Gasteiger charge is 2.24. The number of halogens is 1. The number of aromatic nitrogens is 4. The van der Waals surface area contributed by atoms with Gasteiger partial charge in [0.05, 0.1) is 12.6 Å². The first-order valence-corrected chi connectivity index (χ1v) is 12.3. The van der Waals surface area contributed by atoms with E-state index in [0.717, 1.165) is 44.9 Å². The highest BCUT2D eigenvalue weighted by atomic mass is 19.1. The van der Waals surface area contributed by atoms with E-state index in [1.54, 1.807) is 20.3 Å². The molecule has 0 amide bonds. The number of ether oxygens (including phenoxy) is 3. The zero-order valence-electron chi connectivity index (χ0n) is 21.6. The maximum atomic E-state index is 14.2. The first kappa shape index (κ1) is 24.6. The van der Waals surface area contributed by atoms with Crippen molar-refractivity contribution in [3.05, 3.63) is 105 Å². The minimum atomic E-state index is -0.653. The molecule has 1 aliphatic rings. The number of para-hydroxylation sites is 1. The molecule has 0 atom stereocenters. The number of methoxy groups -OCH3 is 2. The second kappa shape index (κ2) is 9.88. The van der Waals surface area contributed by atoms with E-state index >= 15 is 0 Å². The van der Waals surface area contributed by atoms with Crippen LogP contribution in [0.1, 0.15) is 40.8 Å². The van der Waals surface area contributed by atoms with Gasteiger partial charge >= 0.3 is 5.76 Å². The Labute approximate surface area is 222 Å². The number of H-pyrrole nitrogens is 1. The maximum Gasteiger partial charge on any atom is 0.439 e. The van der Waals surface area contributed by atoms with Gasteiger partial charge in [-0.1, -0.05) is 23.4 Å². The monoisotopic (exact) mass is 528 g/mol. The second-order valence-electron chi connectivity index (χ2n) is 9.24. The zero-order chi connectivity index (χ0) is 27.1. The lowest BCUT2D eigenvalue weighted by Crippen LogP contribution is -2.08. The van der Waals surface area contributed by atoms with Gasteiger partial charge in [-0.3, -0.25) is 9.51 Å². The molecule has 0 saturated carbocycles. The topological polar surface area (TPSA) is 104 Å². The molecule has 0 fully saturated rings. The molecule has 39 heavy (non-hydrogen) atoms. The van der Waals surface area contributed by atoms with Crippen LogP contribution >= 0.6 is 0 Å². The molecule has 6 rings (SSSR count). The number of rotatable bonds is 6. The van der Waals surface area contributed by atoms with E-state index in [-0.39, 0.29) is 6.61 Å². The third kappa shape index (κ3) is 4.38. The van der Waals surface area contributed by atoms with E-state index < -0.39 is 11.6 Å². The van der Waals surface area contributed by atoms with Gasteiger partial charge in [-0.15, -0.1) is 0 Å². The average molecular weight is 529 g/mol.